The van der Waals surface area contributed by atoms with Crippen molar-refractivity contribution in [3.05, 3.63) is 12.7 Å². The van der Waals surface area contributed by atoms with Crippen molar-refractivity contribution in [2.24, 2.45) is 0 Å². The lowest BCUT2D eigenvalue weighted by Gasteiger charge is -2.13. The van der Waals surface area contributed by atoms with E-state index in [4.69, 9.17) is 10.2 Å². The van der Waals surface area contributed by atoms with Crippen LogP contribution in [0.3, 0.4) is 0 Å². The topological polar surface area (TPSA) is 95.9 Å². The van der Waals surface area contributed by atoms with Gasteiger partial charge < -0.3 is 20.3 Å². The summed E-state index contributed by atoms with van der Waals surface area (Å²) in [6.07, 6.45) is 0.259. The predicted octanol–water partition coefficient (Wildman–Crippen LogP) is -0.266. The zero-order chi connectivity index (χ0) is 11.0. The molecule has 0 aromatic rings. The lowest BCUT2D eigenvalue weighted by molar-refractivity contribution is -0.137. The fourth-order valence-electron chi connectivity index (χ4n) is 0.715. The van der Waals surface area contributed by atoms with Gasteiger partial charge in [-0.05, 0) is 0 Å². The summed E-state index contributed by atoms with van der Waals surface area (Å²) in [4.78, 5) is 21.1. The molecule has 0 spiro atoms. The van der Waals surface area contributed by atoms with Crippen LogP contribution in [0.4, 0.5) is 4.79 Å². The van der Waals surface area contributed by atoms with Gasteiger partial charge in [-0.2, -0.15) is 0 Å². The van der Waals surface area contributed by atoms with Crippen LogP contribution < -0.4 is 5.32 Å². The van der Waals surface area contributed by atoms with Crippen molar-refractivity contribution in [3.8, 4) is 0 Å². The van der Waals surface area contributed by atoms with E-state index in [2.05, 4.69) is 16.6 Å². The van der Waals surface area contributed by atoms with Crippen molar-refractivity contribution < 1.29 is 24.5 Å². The molecule has 1 atom stereocenters. The molecule has 0 aromatic carbocycles. The molecule has 0 heterocycles. The van der Waals surface area contributed by atoms with E-state index >= 15 is 0 Å². The number of carboxylic acid groups (broad SMARTS) is 1. The van der Waals surface area contributed by atoms with Gasteiger partial charge in [-0.3, -0.25) is 4.79 Å². The van der Waals surface area contributed by atoms with Crippen molar-refractivity contribution >= 4 is 12.1 Å². The molecule has 6 heteroatoms. The van der Waals surface area contributed by atoms with E-state index in [9.17, 15) is 9.59 Å². The molecule has 0 rings (SSSR count). The number of amides is 1. The molecule has 0 aromatic heterocycles. The van der Waals surface area contributed by atoms with Gasteiger partial charge in [-0.1, -0.05) is 12.7 Å². The van der Waals surface area contributed by atoms with Crippen LogP contribution in [0.1, 0.15) is 6.42 Å². The first-order valence-corrected chi connectivity index (χ1v) is 3.97. The third kappa shape index (κ3) is 6.01. The smallest absolute Gasteiger partial charge is 0.407 e. The first kappa shape index (κ1) is 12.4. The maximum Gasteiger partial charge on any atom is 0.407 e. The molecular weight excluding hydrogens is 190 g/mol. The zero-order valence-electron chi connectivity index (χ0n) is 7.60. The molecular formula is C8H13NO5. The Morgan fingerprint density at radius 3 is 2.64 bits per heavy atom. The molecule has 80 valence electrons. The lowest BCUT2D eigenvalue weighted by Crippen LogP contribution is -2.39. The molecule has 0 aliphatic rings. The van der Waals surface area contributed by atoms with Crippen LogP contribution in [0.5, 0.6) is 0 Å². The van der Waals surface area contributed by atoms with E-state index in [1.54, 1.807) is 0 Å². The van der Waals surface area contributed by atoms with E-state index in [-0.39, 0.29) is 13.0 Å². The summed E-state index contributed by atoms with van der Waals surface area (Å²) in [5, 5.41) is 19.3. The highest BCUT2D eigenvalue weighted by Crippen LogP contribution is 1.92. The zero-order valence-corrected chi connectivity index (χ0v) is 7.60. The van der Waals surface area contributed by atoms with Crippen molar-refractivity contribution in [1.82, 2.24) is 5.32 Å². The summed E-state index contributed by atoms with van der Waals surface area (Å²) in [5.74, 6) is -1.10. The largest absolute Gasteiger partial charge is 0.481 e. The molecule has 0 aliphatic carbocycles. The Balaban J connectivity index is 3.85. The third-order valence-corrected chi connectivity index (χ3v) is 1.30. The Bertz CT molecular complexity index is 216. The Labute approximate surface area is 81.2 Å². The Morgan fingerprint density at radius 1 is 1.57 bits per heavy atom. The molecule has 0 unspecified atom stereocenters. The fraction of sp³-hybridized carbons (Fsp3) is 0.500. The van der Waals surface area contributed by atoms with E-state index < -0.39 is 24.7 Å². The van der Waals surface area contributed by atoms with Crippen LogP contribution >= 0.6 is 0 Å². The van der Waals surface area contributed by atoms with E-state index in [0.717, 1.165) is 0 Å². The number of nitrogens with one attached hydrogen (secondary N) is 1. The highest BCUT2D eigenvalue weighted by Gasteiger charge is 2.15. The molecule has 0 saturated carbocycles. The van der Waals surface area contributed by atoms with Crippen LogP contribution in [0.15, 0.2) is 12.7 Å². The summed E-state index contributed by atoms with van der Waals surface area (Å²) in [6.45, 7) is 2.92. The second-order valence-corrected chi connectivity index (χ2v) is 2.51. The van der Waals surface area contributed by atoms with Gasteiger partial charge in [0, 0.05) is 0 Å². The highest BCUT2D eigenvalue weighted by atomic mass is 16.5. The van der Waals surface area contributed by atoms with Crippen LogP contribution in [0.2, 0.25) is 0 Å². The average molecular weight is 203 g/mol. The fourth-order valence-corrected chi connectivity index (χ4v) is 0.715. The summed E-state index contributed by atoms with van der Waals surface area (Å²) < 4.78 is 4.53. The molecule has 6 nitrogen and oxygen atoms in total. The number of aliphatic hydroxyl groups excluding tert-OH is 1. The minimum Gasteiger partial charge on any atom is -0.481 e. The van der Waals surface area contributed by atoms with Crippen LogP contribution in [-0.4, -0.2) is 41.5 Å². The second-order valence-electron chi connectivity index (χ2n) is 2.51. The van der Waals surface area contributed by atoms with Gasteiger partial charge in [-0.25, -0.2) is 4.79 Å². The maximum absolute atomic E-state index is 10.9. The summed E-state index contributed by atoms with van der Waals surface area (Å²) in [5.41, 5.74) is 0. The average Bonchev–Trinajstić information content (AvgIpc) is 2.12. The van der Waals surface area contributed by atoms with E-state index in [1.807, 2.05) is 0 Å². The number of carbonyl (C=O) groups excluding carboxylic acids is 1. The number of hydrogen-bond donors (Lipinski definition) is 3. The number of ether oxygens (including phenoxy) is 1. The van der Waals surface area contributed by atoms with Crippen LogP contribution in [0, 0.1) is 0 Å². The van der Waals surface area contributed by atoms with Gasteiger partial charge in [0.1, 0.15) is 6.61 Å². The molecule has 0 saturated heterocycles. The van der Waals surface area contributed by atoms with Crippen LogP contribution in [-0.2, 0) is 9.53 Å². The summed E-state index contributed by atoms with van der Waals surface area (Å²) in [6, 6.07) is -0.829. The second kappa shape index (κ2) is 6.90. The van der Waals surface area contributed by atoms with Gasteiger partial charge in [-0.15, -0.1) is 0 Å². The monoisotopic (exact) mass is 203 g/mol. The van der Waals surface area contributed by atoms with E-state index in [1.165, 1.54) is 6.08 Å². The SMILES string of the molecule is C=CCOC(=O)N[C@@H](CO)CC(=O)O. The first-order chi connectivity index (χ1) is 6.60. The predicted molar refractivity (Wildman–Crippen MR) is 47.8 cm³/mol. The molecule has 3 N–H and O–H groups in total. The van der Waals surface area contributed by atoms with Crippen LogP contribution in [0.25, 0.3) is 0 Å². The van der Waals surface area contributed by atoms with Gasteiger partial charge in [0.15, 0.2) is 0 Å². The molecule has 0 bridgehead atoms. The van der Waals surface area contributed by atoms with Gasteiger partial charge >= 0.3 is 12.1 Å². The number of carbonyl (C=O) groups is 2. The van der Waals surface area contributed by atoms with Crippen molar-refractivity contribution in [2.75, 3.05) is 13.2 Å². The normalized spacial score (nSPS) is 11.5. The third-order valence-electron chi connectivity index (χ3n) is 1.30. The molecule has 0 aliphatic heterocycles. The number of aliphatic carboxylic acids is 1. The number of aliphatic hydroxyl groups is 1. The Hall–Kier alpha value is -1.56. The Kier molecular flexibility index (Phi) is 6.13. The molecule has 14 heavy (non-hydrogen) atoms. The van der Waals surface area contributed by atoms with Crippen molar-refractivity contribution in [1.29, 1.82) is 0 Å². The highest BCUT2D eigenvalue weighted by molar-refractivity contribution is 5.71. The maximum atomic E-state index is 10.9. The van der Waals surface area contributed by atoms with Crippen molar-refractivity contribution in [3.63, 3.8) is 0 Å². The lowest BCUT2D eigenvalue weighted by atomic mass is 10.2. The number of alkyl carbamates (subject to hydrolysis) is 1. The first-order valence-electron chi connectivity index (χ1n) is 3.97. The number of carboxylic acids is 1. The summed E-state index contributed by atoms with van der Waals surface area (Å²) >= 11 is 0. The van der Waals surface area contributed by atoms with Gasteiger partial charge in [0.05, 0.1) is 19.1 Å². The molecule has 0 radical (unpaired) electrons. The quantitative estimate of drug-likeness (QED) is 0.516. The van der Waals surface area contributed by atoms with E-state index in [0.29, 0.717) is 0 Å². The molecule has 0 fully saturated rings. The minimum absolute atomic E-state index is 0.0387. The Morgan fingerprint density at radius 2 is 2.21 bits per heavy atom. The molecule has 1 amide bonds. The standard InChI is InChI=1S/C8H13NO5/c1-2-3-14-8(13)9-6(5-10)4-7(11)12/h2,6,10H,1,3-5H2,(H,9,13)(H,11,12)/t6-/m1/s1. The van der Waals surface area contributed by atoms with Crippen molar-refractivity contribution in [2.45, 2.75) is 12.5 Å². The summed E-state index contributed by atoms with van der Waals surface area (Å²) in [7, 11) is 0. The number of rotatable bonds is 6. The van der Waals surface area contributed by atoms with Gasteiger partial charge in [0.25, 0.3) is 0 Å². The number of hydrogen-bond acceptors (Lipinski definition) is 4. The van der Waals surface area contributed by atoms with Gasteiger partial charge in [0.2, 0.25) is 0 Å². The minimum atomic E-state index is -1.10.